The highest BCUT2D eigenvalue weighted by molar-refractivity contribution is 5.85. The number of halogens is 3. The van der Waals surface area contributed by atoms with Gasteiger partial charge in [-0.2, -0.15) is 0 Å². The second kappa shape index (κ2) is 5.61. The van der Waals surface area contributed by atoms with Crippen molar-refractivity contribution in [1.82, 2.24) is 0 Å². The summed E-state index contributed by atoms with van der Waals surface area (Å²) in [6.45, 7) is -0.126. The van der Waals surface area contributed by atoms with Crippen molar-refractivity contribution >= 4 is 5.97 Å². The van der Waals surface area contributed by atoms with Gasteiger partial charge in [0.1, 0.15) is 12.8 Å². The lowest BCUT2D eigenvalue weighted by molar-refractivity contribution is -0.132. The molecule has 0 aromatic heterocycles. The standard InChI is InChI=1S/C8H11F3O2/c1-5(8(12)13)2-3-6(10)7(11)4-9/h2,6-7H,3-4H2,1H3,(H,12,13). The number of allylic oxidation sites excluding steroid dienone is 1. The van der Waals surface area contributed by atoms with Crippen molar-refractivity contribution in [2.45, 2.75) is 25.7 Å². The van der Waals surface area contributed by atoms with Gasteiger partial charge in [-0.15, -0.1) is 0 Å². The highest BCUT2D eigenvalue weighted by Crippen LogP contribution is 2.11. The van der Waals surface area contributed by atoms with E-state index in [9.17, 15) is 18.0 Å². The van der Waals surface area contributed by atoms with Crippen LogP contribution in [0, 0.1) is 0 Å². The number of alkyl halides is 3. The van der Waals surface area contributed by atoms with Crippen molar-refractivity contribution in [3.63, 3.8) is 0 Å². The molecule has 0 saturated heterocycles. The number of hydrogen-bond acceptors (Lipinski definition) is 1. The Kier molecular flexibility index (Phi) is 5.18. The maximum Gasteiger partial charge on any atom is 0.330 e. The molecule has 0 saturated carbocycles. The fraction of sp³-hybridized carbons (Fsp3) is 0.625. The van der Waals surface area contributed by atoms with E-state index >= 15 is 0 Å². The number of carboxylic acids is 1. The Labute approximate surface area is 74.1 Å². The topological polar surface area (TPSA) is 37.3 Å². The van der Waals surface area contributed by atoms with Gasteiger partial charge in [-0.05, 0) is 6.92 Å². The molecule has 0 aliphatic heterocycles. The molecule has 5 heteroatoms. The van der Waals surface area contributed by atoms with E-state index in [0.29, 0.717) is 0 Å². The lowest BCUT2D eigenvalue weighted by atomic mass is 10.1. The summed E-state index contributed by atoms with van der Waals surface area (Å²) in [6.07, 6.45) is -3.52. The summed E-state index contributed by atoms with van der Waals surface area (Å²) in [6, 6.07) is 0. The summed E-state index contributed by atoms with van der Waals surface area (Å²) >= 11 is 0. The van der Waals surface area contributed by atoms with Crippen LogP contribution in [0.4, 0.5) is 13.2 Å². The molecule has 0 spiro atoms. The number of carbonyl (C=O) groups is 1. The van der Waals surface area contributed by atoms with E-state index in [1.165, 1.54) is 6.92 Å². The van der Waals surface area contributed by atoms with Crippen molar-refractivity contribution in [3.8, 4) is 0 Å². The minimum Gasteiger partial charge on any atom is -0.478 e. The molecule has 2 atom stereocenters. The van der Waals surface area contributed by atoms with Crippen LogP contribution >= 0.6 is 0 Å². The largest absolute Gasteiger partial charge is 0.478 e. The van der Waals surface area contributed by atoms with E-state index in [1.54, 1.807) is 0 Å². The van der Waals surface area contributed by atoms with Gasteiger partial charge in [0, 0.05) is 12.0 Å². The van der Waals surface area contributed by atoms with Gasteiger partial charge in [0.15, 0.2) is 6.17 Å². The van der Waals surface area contributed by atoms with E-state index in [1.807, 2.05) is 0 Å². The molecule has 0 heterocycles. The molecule has 2 nitrogen and oxygen atoms in total. The number of carboxylic acid groups (broad SMARTS) is 1. The third-order valence-corrected chi connectivity index (χ3v) is 1.53. The van der Waals surface area contributed by atoms with Crippen molar-refractivity contribution < 1.29 is 23.1 Å². The van der Waals surface area contributed by atoms with Gasteiger partial charge in [-0.25, -0.2) is 18.0 Å². The Morgan fingerprint density at radius 3 is 2.38 bits per heavy atom. The van der Waals surface area contributed by atoms with Crippen LogP contribution in [0.3, 0.4) is 0 Å². The average molecular weight is 196 g/mol. The summed E-state index contributed by atoms with van der Waals surface area (Å²) in [7, 11) is 0. The van der Waals surface area contributed by atoms with Gasteiger partial charge in [0.25, 0.3) is 0 Å². The Morgan fingerprint density at radius 1 is 1.46 bits per heavy atom. The third kappa shape index (κ3) is 4.55. The summed E-state index contributed by atoms with van der Waals surface area (Å²) in [4.78, 5) is 10.2. The molecule has 0 bridgehead atoms. The normalized spacial score (nSPS) is 16.8. The molecule has 0 fully saturated rings. The molecule has 0 amide bonds. The first-order chi connectivity index (χ1) is 5.99. The van der Waals surface area contributed by atoms with Crippen LogP contribution in [0.15, 0.2) is 11.6 Å². The van der Waals surface area contributed by atoms with Crippen LogP contribution in [0.25, 0.3) is 0 Å². The summed E-state index contributed by atoms with van der Waals surface area (Å²) in [5, 5.41) is 8.33. The average Bonchev–Trinajstić information content (AvgIpc) is 2.11. The van der Waals surface area contributed by atoms with Crippen LogP contribution in [0.5, 0.6) is 0 Å². The maximum atomic E-state index is 12.6. The van der Waals surface area contributed by atoms with Gasteiger partial charge >= 0.3 is 5.97 Å². The second-order valence-electron chi connectivity index (χ2n) is 2.61. The third-order valence-electron chi connectivity index (χ3n) is 1.53. The fourth-order valence-corrected chi connectivity index (χ4v) is 0.621. The minimum absolute atomic E-state index is 0.0753. The van der Waals surface area contributed by atoms with Gasteiger partial charge < -0.3 is 5.11 Å². The molecule has 0 radical (unpaired) electrons. The molecule has 0 aromatic rings. The smallest absolute Gasteiger partial charge is 0.330 e. The molecule has 76 valence electrons. The fourth-order valence-electron chi connectivity index (χ4n) is 0.621. The van der Waals surface area contributed by atoms with Crippen molar-refractivity contribution in [2.75, 3.05) is 6.67 Å². The van der Waals surface area contributed by atoms with Crippen LogP contribution in [0.1, 0.15) is 13.3 Å². The van der Waals surface area contributed by atoms with E-state index in [0.717, 1.165) is 6.08 Å². The quantitative estimate of drug-likeness (QED) is 0.683. The Balaban J connectivity index is 4.00. The van der Waals surface area contributed by atoms with Gasteiger partial charge in [-0.3, -0.25) is 0 Å². The second-order valence-corrected chi connectivity index (χ2v) is 2.61. The van der Waals surface area contributed by atoms with Gasteiger partial charge in [0.05, 0.1) is 0 Å². The predicted molar refractivity (Wildman–Crippen MR) is 41.8 cm³/mol. The van der Waals surface area contributed by atoms with Gasteiger partial charge in [0.2, 0.25) is 0 Å². The van der Waals surface area contributed by atoms with E-state index in [-0.39, 0.29) is 5.57 Å². The predicted octanol–water partition coefficient (Wildman–Crippen LogP) is 2.05. The monoisotopic (exact) mass is 196 g/mol. The zero-order valence-corrected chi connectivity index (χ0v) is 7.14. The molecule has 0 aromatic carbocycles. The molecule has 0 aliphatic carbocycles. The van der Waals surface area contributed by atoms with Crippen molar-refractivity contribution in [2.24, 2.45) is 0 Å². The molecule has 2 unspecified atom stereocenters. The first kappa shape index (κ1) is 12.0. The van der Waals surface area contributed by atoms with Gasteiger partial charge in [-0.1, -0.05) is 6.08 Å². The summed E-state index contributed by atoms with van der Waals surface area (Å²) in [5.41, 5.74) is -0.0753. The molecule has 0 rings (SSSR count). The van der Waals surface area contributed by atoms with Crippen molar-refractivity contribution in [1.29, 1.82) is 0 Å². The Hall–Kier alpha value is -1.00. The molecular formula is C8H11F3O2. The lowest BCUT2D eigenvalue weighted by Crippen LogP contribution is -2.18. The van der Waals surface area contributed by atoms with Crippen LogP contribution in [-0.4, -0.2) is 30.1 Å². The van der Waals surface area contributed by atoms with Crippen LogP contribution < -0.4 is 0 Å². The highest BCUT2D eigenvalue weighted by Gasteiger charge is 2.19. The summed E-state index contributed by atoms with van der Waals surface area (Å²) in [5.74, 6) is -1.19. The zero-order valence-electron chi connectivity index (χ0n) is 7.14. The molecule has 1 N–H and O–H groups in total. The minimum atomic E-state index is -2.17. The number of rotatable bonds is 5. The zero-order chi connectivity index (χ0) is 10.4. The first-order valence-corrected chi connectivity index (χ1v) is 3.73. The number of aliphatic carboxylic acids is 1. The molecule has 13 heavy (non-hydrogen) atoms. The first-order valence-electron chi connectivity index (χ1n) is 3.73. The molecule has 0 aliphatic rings. The molecular weight excluding hydrogens is 185 g/mol. The van der Waals surface area contributed by atoms with E-state index < -0.39 is 31.4 Å². The van der Waals surface area contributed by atoms with Crippen LogP contribution in [0.2, 0.25) is 0 Å². The Morgan fingerprint density at radius 2 is 2.00 bits per heavy atom. The lowest BCUT2D eigenvalue weighted by Gasteiger charge is -2.07. The number of hydrogen-bond donors (Lipinski definition) is 1. The van der Waals surface area contributed by atoms with E-state index in [2.05, 4.69) is 0 Å². The Bertz CT molecular complexity index is 204. The summed E-state index contributed by atoms with van der Waals surface area (Å²) < 4.78 is 36.4. The van der Waals surface area contributed by atoms with E-state index in [4.69, 9.17) is 5.11 Å². The van der Waals surface area contributed by atoms with Crippen LogP contribution in [-0.2, 0) is 4.79 Å². The van der Waals surface area contributed by atoms with Crippen molar-refractivity contribution in [3.05, 3.63) is 11.6 Å². The maximum absolute atomic E-state index is 12.6. The highest BCUT2D eigenvalue weighted by atomic mass is 19.2. The SMILES string of the molecule is CC(=CCC(F)C(F)CF)C(=O)O.